The first-order valence-electron chi connectivity index (χ1n) is 10.2. The molecule has 0 radical (unpaired) electrons. The predicted molar refractivity (Wildman–Crippen MR) is 127 cm³/mol. The first-order chi connectivity index (χ1) is 14.4. The van der Waals surface area contributed by atoms with Gasteiger partial charge in [-0.3, -0.25) is 0 Å². The van der Waals surface area contributed by atoms with Crippen molar-refractivity contribution in [1.82, 2.24) is 4.98 Å². The predicted octanol–water partition coefficient (Wildman–Crippen LogP) is 6.52. The number of aromatic nitrogens is 1. The second kappa shape index (κ2) is 8.50. The Morgan fingerprint density at radius 2 is 1.60 bits per heavy atom. The Balaban J connectivity index is 1.61. The van der Waals surface area contributed by atoms with Crippen LogP contribution in [-0.4, -0.2) is 9.54 Å². The molecule has 0 spiro atoms. The molecule has 4 heteroatoms. The summed E-state index contributed by atoms with van der Waals surface area (Å²) in [6.07, 6.45) is 1.02. The number of fused-ring (bicyclic) bond motifs is 1. The number of nitrogens with one attached hydrogen (secondary N) is 1. The van der Waals surface area contributed by atoms with E-state index in [2.05, 4.69) is 72.1 Å². The average molecular weight is 415 g/mol. The first kappa shape index (κ1) is 20.5. The third-order valence-electron chi connectivity index (χ3n) is 5.35. The smallest absolute Gasteiger partial charge is 0.185 e. The fraction of sp³-hybridized carbons (Fsp3) is 0.192. The van der Waals surface area contributed by atoms with Gasteiger partial charge in [-0.15, -0.1) is 0 Å². The van der Waals surface area contributed by atoms with Gasteiger partial charge in [-0.25, -0.2) is 4.98 Å². The van der Waals surface area contributed by atoms with Crippen LogP contribution in [0.1, 0.15) is 29.2 Å². The minimum atomic E-state index is -1.36. The topological polar surface area (TPSA) is 48.0 Å². The van der Waals surface area contributed by atoms with Crippen molar-refractivity contribution in [3.8, 4) is 11.1 Å². The molecule has 3 nitrogen and oxygen atoms in total. The lowest BCUT2D eigenvalue weighted by molar-refractivity contribution is 0.598. The van der Waals surface area contributed by atoms with Gasteiger partial charge in [-0.1, -0.05) is 55.0 Å². The van der Waals surface area contributed by atoms with Crippen LogP contribution in [0.4, 0.5) is 5.82 Å². The molecule has 4 rings (SSSR count). The average Bonchev–Trinajstić information content (AvgIpc) is 2.72. The minimum absolute atomic E-state index is 0.612. The number of pyridine rings is 1. The first-order valence-corrected chi connectivity index (χ1v) is 11.4. The highest BCUT2D eigenvalue weighted by Gasteiger charge is 2.19. The van der Waals surface area contributed by atoms with Gasteiger partial charge in [0, 0.05) is 16.5 Å². The van der Waals surface area contributed by atoms with Gasteiger partial charge in [0.2, 0.25) is 0 Å². The maximum Gasteiger partial charge on any atom is 0.185 e. The Labute approximate surface area is 181 Å². The van der Waals surface area contributed by atoms with Crippen LogP contribution in [0.5, 0.6) is 0 Å². The number of anilines is 1. The Bertz CT molecular complexity index is 1200. The molecule has 4 aromatic rings. The third-order valence-corrected chi connectivity index (χ3v) is 6.75. The summed E-state index contributed by atoms with van der Waals surface area (Å²) in [7, 11) is 0. The van der Waals surface area contributed by atoms with Gasteiger partial charge in [0.05, 0.1) is 5.52 Å². The van der Waals surface area contributed by atoms with Crippen molar-refractivity contribution in [3.05, 3.63) is 89.0 Å². The zero-order valence-corrected chi connectivity index (χ0v) is 18.6. The summed E-state index contributed by atoms with van der Waals surface area (Å²) in [5.74, 6) is 0.612. The van der Waals surface area contributed by atoms with E-state index in [-0.39, 0.29) is 0 Å². The van der Waals surface area contributed by atoms with E-state index >= 15 is 0 Å². The van der Waals surface area contributed by atoms with Gasteiger partial charge in [-0.05, 0) is 68.1 Å². The molecule has 0 aliphatic rings. The van der Waals surface area contributed by atoms with Gasteiger partial charge < -0.3 is 4.55 Å². The number of rotatable bonds is 5. The van der Waals surface area contributed by atoms with E-state index in [1.807, 2.05) is 32.0 Å². The van der Waals surface area contributed by atoms with Crippen molar-refractivity contribution in [2.24, 2.45) is 0 Å². The summed E-state index contributed by atoms with van der Waals surface area (Å²) in [6.45, 7) is 8.22. The van der Waals surface area contributed by atoms with E-state index in [0.717, 1.165) is 33.3 Å². The molecule has 0 fully saturated rings. The zero-order valence-electron chi connectivity index (χ0n) is 17.8. The van der Waals surface area contributed by atoms with Gasteiger partial charge >= 0.3 is 0 Å². The van der Waals surface area contributed by atoms with Crippen LogP contribution in [0.2, 0.25) is 0 Å². The molecular formula is C26H26N2OS. The van der Waals surface area contributed by atoms with Crippen LogP contribution in [0.15, 0.2) is 71.6 Å². The molecule has 1 aromatic heterocycles. The van der Waals surface area contributed by atoms with Crippen molar-refractivity contribution >= 4 is 28.1 Å². The lowest BCUT2D eigenvalue weighted by Gasteiger charge is -2.16. The highest BCUT2D eigenvalue weighted by atomic mass is 32.2. The van der Waals surface area contributed by atoms with Gasteiger partial charge in [0.25, 0.3) is 0 Å². The molecule has 0 aliphatic carbocycles. The van der Waals surface area contributed by atoms with Crippen LogP contribution in [-0.2, 0) is 17.8 Å². The highest BCUT2D eigenvalue weighted by Crippen LogP contribution is 2.27. The molecule has 3 aromatic carbocycles. The van der Waals surface area contributed by atoms with E-state index in [4.69, 9.17) is 0 Å². The second-order valence-electron chi connectivity index (χ2n) is 7.76. The lowest BCUT2D eigenvalue weighted by atomic mass is 10.0. The molecule has 0 saturated carbocycles. The summed E-state index contributed by atoms with van der Waals surface area (Å²) in [5, 5.41) is 1.06. The largest absolute Gasteiger partial charge is 0.588 e. The van der Waals surface area contributed by atoms with Crippen molar-refractivity contribution in [2.45, 2.75) is 39.0 Å². The fourth-order valence-corrected chi connectivity index (χ4v) is 5.05. The van der Waals surface area contributed by atoms with E-state index < -0.39 is 11.4 Å². The molecular weight excluding hydrogens is 388 g/mol. The summed E-state index contributed by atoms with van der Waals surface area (Å²) in [4.78, 5) is 5.51. The van der Waals surface area contributed by atoms with Gasteiger partial charge in [0.1, 0.15) is 11.4 Å². The molecule has 1 unspecified atom stereocenters. The normalized spacial score (nSPS) is 12.2. The number of benzene rings is 3. The summed E-state index contributed by atoms with van der Waals surface area (Å²) in [5.41, 5.74) is 7.82. The van der Waals surface area contributed by atoms with Crippen LogP contribution in [0.25, 0.3) is 22.0 Å². The summed E-state index contributed by atoms with van der Waals surface area (Å²) >= 11 is -1.36. The van der Waals surface area contributed by atoms with Gasteiger partial charge in [-0.2, -0.15) is 4.72 Å². The van der Waals surface area contributed by atoms with E-state index in [1.54, 1.807) is 0 Å². The van der Waals surface area contributed by atoms with Crippen LogP contribution < -0.4 is 4.72 Å². The quantitative estimate of drug-likeness (QED) is 0.378. The second-order valence-corrected chi connectivity index (χ2v) is 8.91. The van der Waals surface area contributed by atoms with E-state index in [1.165, 1.54) is 22.3 Å². The van der Waals surface area contributed by atoms with Gasteiger partial charge in [0.15, 0.2) is 10.7 Å². The third kappa shape index (κ3) is 4.20. The molecule has 0 saturated heterocycles. The van der Waals surface area contributed by atoms with Crippen molar-refractivity contribution in [1.29, 1.82) is 0 Å². The standard InChI is InChI=1S/C26H26N2OS/c1-5-20-7-6-8-21(15-20)22-9-11-24-23(16-22)10-12-25(27-24)28-30(29)26-18(3)13-17(2)14-19(26)4/h6-16H,5H2,1-4H3,(H,27,28). The fourth-order valence-electron chi connectivity index (χ4n) is 3.94. The van der Waals surface area contributed by atoms with Crippen molar-refractivity contribution < 1.29 is 4.55 Å². The Morgan fingerprint density at radius 1 is 0.867 bits per heavy atom. The van der Waals surface area contributed by atoms with Crippen LogP contribution >= 0.6 is 0 Å². The van der Waals surface area contributed by atoms with Crippen molar-refractivity contribution in [2.75, 3.05) is 4.72 Å². The molecule has 1 heterocycles. The van der Waals surface area contributed by atoms with E-state index in [0.29, 0.717) is 5.82 Å². The molecule has 152 valence electrons. The highest BCUT2D eigenvalue weighted by molar-refractivity contribution is 7.92. The summed E-state index contributed by atoms with van der Waals surface area (Å²) in [6, 6.07) is 23.0. The van der Waals surface area contributed by atoms with Crippen LogP contribution in [0.3, 0.4) is 0 Å². The SMILES string of the molecule is CCc1cccc(-c2ccc3nc(N[S+]([O-])c4c(C)cc(C)cc4C)ccc3c2)c1. The molecule has 1 N–H and O–H groups in total. The maximum absolute atomic E-state index is 13.0. The number of hydrogen-bond donors (Lipinski definition) is 1. The molecule has 30 heavy (non-hydrogen) atoms. The Morgan fingerprint density at radius 3 is 2.33 bits per heavy atom. The number of aryl methyl sites for hydroxylation is 4. The molecule has 0 aliphatic heterocycles. The maximum atomic E-state index is 13.0. The number of nitrogens with zero attached hydrogens (tertiary/aromatic N) is 1. The molecule has 0 bridgehead atoms. The summed E-state index contributed by atoms with van der Waals surface area (Å²) < 4.78 is 16.0. The lowest BCUT2D eigenvalue weighted by Crippen LogP contribution is -2.16. The molecule has 0 amide bonds. The van der Waals surface area contributed by atoms with E-state index in [9.17, 15) is 4.55 Å². The van der Waals surface area contributed by atoms with Crippen LogP contribution in [0, 0.1) is 20.8 Å². The Kier molecular flexibility index (Phi) is 5.80. The minimum Gasteiger partial charge on any atom is -0.588 e. The number of hydrogen-bond acceptors (Lipinski definition) is 3. The Hall–Kier alpha value is -2.82. The zero-order chi connectivity index (χ0) is 21.3. The molecule has 1 atom stereocenters. The van der Waals surface area contributed by atoms with Crippen molar-refractivity contribution in [3.63, 3.8) is 0 Å². The monoisotopic (exact) mass is 414 g/mol.